The fourth-order valence-electron chi connectivity index (χ4n) is 2.71. The van der Waals surface area contributed by atoms with Crippen molar-refractivity contribution in [1.82, 2.24) is 0 Å². The highest BCUT2D eigenvalue weighted by atomic mass is 16.7. The molecule has 1 aliphatic heterocycles. The van der Waals surface area contributed by atoms with Gasteiger partial charge >= 0.3 is 12.1 Å². The highest BCUT2D eigenvalue weighted by Gasteiger charge is 2.35. The third-order valence-corrected chi connectivity index (χ3v) is 3.88. The van der Waals surface area contributed by atoms with Crippen LogP contribution in [0.1, 0.15) is 39.0 Å². The van der Waals surface area contributed by atoms with Crippen molar-refractivity contribution in [2.24, 2.45) is 11.1 Å². The van der Waals surface area contributed by atoms with Gasteiger partial charge in [-0.2, -0.15) is 0 Å². The molecule has 7 nitrogen and oxygen atoms in total. The van der Waals surface area contributed by atoms with Crippen LogP contribution < -0.4 is 5.73 Å². The van der Waals surface area contributed by atoms with Crippen LogP contribution in [0, 0.1) is 5.41 Å². The topological polar surface area (TPSA) is 97.1 Å². The minimum atomic E-state index is -0.863. The first-order valence-electron chi connectivity index (χ1n) is 8.23. The largest absolute Gasteiger partial charge is 0.457 e. The summed E-state index contributed by atoms with van der Waals surface area (Å²) in [5.74, 6) is -0.400. The maximum absolute atomic E-state index is 12.4. The van der Waals surface area contributed by atoms with Crippen molar-refractivity contribution in [2.45, 2.75) is 45.7 Å². The summed E-state index contributed by atoms with van der Waals surface area (Å²) < 4.78 is 21.6. The van der Waals surface area contributed by atoms with Crippen LogP contribution in [-0.2, 0) is 23.7 Å². The van der Waals surface area contributed by atoms with Crippen molar-refractivity contribution in [3.05, 3.63) is 35.9 Å². The van der Waals surface area contributed by atoms with E-state index in [9.17, 15) is 9.59 Å². The van der Waals surface area contributed by atoms with Crippen molar-refractivity contribution in [3.63, 3.8) is 0 Å². The van der Waals surface area contributed by atoms with E-state index in [0.29, 0.717) is 6.42 Å². The second-order valence-electron chi connectivity index (χ2n) is 6.77. The van der Waals surface area contributed by atoms with Crippen molar-refractivity contribution < 1.29 is 28.5 Å². The van der Waals surface area contributed by atoms with E-state index in [-0.39, 0.29) is 13.2 Å². The van der Waals surface area contributed by atoms with E-state index in [1.807, 2.05) is 30.3 Å². The molecule has 25 heavy (non-hydrogen) atoms. The lowest BCUT2D eigenvalue weighted by Crippen LogP contribution is -2.40. The first kappa shape index (κ1) is 19.2. The Hall–Kier alpha value is -2.12. The highest BCUT2D eigenvalue weighted by Crippen LogP contribution is 2.28. The molecule has 1 amide bonds. The molecule has 0 radical (unpaired) electrons. The zero-order valence-corrected chi connectivity index (χ0v) is 14.8. The Morgan fingerprint density at radius 1 is 1.24 bits per heavy atom. The van der Waals surface area contributed by atoms with E-state index < -0.39 is 36.0 Å². The summed E-state index contributed by atoms with van der Waals surface area (Å²) in [4.78, 5) is 23.2. The Morgan fingerprint density at radius 2 is 1.84 bits per heavy atom. The van der Waals surface area contributed by atoms with Crippen LogP contribution in [0.5, 0.6) is 0 Å². The minimum absolute atomic E-state index is 0.259. The number of hydrogen-bond acceptors (Lipinski definition) is 6. The third kappa shape index (κ3) is 5.72. The quantitative estimate of drug-likeness (QED) is 0.791. The molecule has 138 valence electrons. The van der Waals surface area contributed by atoms with E-state index in [2.05, 4.69) is 0 Å². The Bertz CT molecular complexity index is 580. The number of carbonyl (C=O) groups is 2. The lowest BCUT2D eigenvalue weighted by molar-refractivity contribution is -0.232. The molecule has 0 aliphatic carbocycles. The third-order valence-electron chi connectivity index (χ3n) is 3.88. The molecule has 1 fully saturated rings. The first-order valence-corrected chi connectivity index (χ1v) is 8.23. The summed E-state index contributed by atoms with van der Waals surface area (Å²) in [7, 11) is 0. The fraction of sp³-hybridized carbons (Fsp3) is 0.556. The minimum Gasteiger partial charge on any atom is -0.457 e. The van der Waals surface area contributed by atoms with Gasteiger partial charge in [-0.15, -0.1) is 0 Å². The van der Waals surface area contributed by atoms with Gasteiger partial charge in [0.25, 0.3) is 0 Å². The number of amides is 1. The Kier molecular flexibility index (Phi) is 6.39. The predicted molar refractivity (Wildman–Crippen MR) is 89.5 cm³/mol. The molecule has 1 saturated heterocycles. The van der Waals surface area contributed by atoms with Gasteiger partial charge in [0.1, 0.15) is 12.2 Å². The molecule has 0 aromatic heterocycles. The smallest absolute Gasteiger partial charge is 0.404 e. The summed E-state index contributed by atoms with van der Waals surface area (Å²) in [6, 6.07) is 9.57. The molecular weight excluding hydrogens is 326 g/mol. The molecule has 1 heterocycles. The Balaban J connectivity index is 1.82. The number of hydrogen-bond donors (Lipinski definition) is 1. The van der Waals surface area contributed by atoms with Crippen LogP contribution in [0.3, 0.4) is 0 Å². The Morgan fingerprint density at radius 3 is 2.40 bits per heavy atom. The highest BCUT2D eigenvalue weighted by molar-refractivity contribution is 5.76. The molecule has 0 bridgehead atoms. The molecule has 0 spiro atoms. The number of esters is 1. The summed E-state index contributed by atoms with van der Waals surface area (Å²) in [5.41, 5.74) is 5.08. The lowest BCUT2D eigenvalue weighted by Gasteiger charge is -2.32. The van der Waals surface area contributed by atoms with Gasteiger partial charge in [0, 0.05) is 5.56 Å². The van der Waals surface area contributed by atoms with Crippen LogP contribution in [0.15, 0.2) is 30.3 Å². The summed E-state index contributed by atoms with van der Waals surface area (Å²) in [6.45, 7) is 5.65. The molecule has 2 rings (SSSR count). The second-order valence-corrected chi connectivity index (χ2v) is 6.77. The maximum atomic E-state index is 12.4. The van der Waals surface area contributed by atoms with Gasteiger partial charge in [-0.05, 0) is 27.2 Å². The van der Waals surface area contributed by atoms with E-state index in [0.717, 1.165) is 5.56 Å². The maximum Gasteiger partial charge on any atom is 0.404 e. The summed E-state index contributed by atoms with van der Waals surface area (Å²) in [5, 5.41) is 0. The van der Waals surface area contributed by atoms with Crippen molar-refractivity contribution >= 4 is 12.1 Å². The number of primary amides is 1. The Labute approximate surface area is 147 Å². The van der Waals surface area contributed by atoms with Gasteiger partial charge in [0.2, 0.25) is 0 Å². The van der Waals surface area contributed by atoms with Crippen LogP contribution >= 0.6 is 0 Å². The molecule has 2 N–H and O–H groups in total. The first-order chi connectivity index (χ1) is 11.8. The van der Waals surface area contributed by atoms with E-state index in [1.54, 1.807) is 20.8 Å². The number of carbonyl (C=O) groups excluding carboxylic acids is 2. The number of ether oxygens (including phenoxy) is 4. The van der Waals surface area contributed by atoms with Crippen molar-refractivity contribution in [3.8, 4) is 0 Å². The van der Waals surface area contributed by atoms with Gasteiger partial charge in [-0.3, -0.25) is 4.79 Å². The number of nitrogens with two attached hydrogens (primary N) is 1. The van der Waals surface area contributed by atoms with Crippen LogP contribution in [0.25, 0.3) is 0 Å². The van der Waals surface area contributed by atoms with Gasteiger partial charge in [-0.1, -0.05) is 30.3 Å². The molecule has 1 aliphatic rings. The monoisotopic (exact) mass is 351 g/mol. The molecule has 7 heteroatoms. The molecular formula is C18H25NO6. The van der Waals surface area contributed by atoms with Crippen molar-refractivity contribution in [1.29, 1.82) is 0 Å². The van der Waals surface area contributed by atoms with Gasteiger partial charge in [0.05, 0.1) is 18.6 Å². The number of rotatable bonds is 6. The van der Waals surface area contributed by atoms with Crippen LogP contribution in [0.4, 0.5) is 4.79 Å². The van der Waals surface area contributed by atoms with Crippen LogP contribution in [0.2, 0.25) is 0 Å². The van der Waals surface area contributed by atoms with E-state index in [1.165, 1.54) is 0 Å². The second kappa shape index (κ2) is 8.31. The molecule has 1 aromatic rings. The molecule has 1 unspecified atom stereocenters. The van der Waals surface area contributed by atoms with Crippen LogP contribution in [-0.4, -0.2) is 37.5 Å². The van der Waals surface area contributed by atoms with Gasteiger partial charge < -0.3 is 24.7 Å². The summed E-state index contributed by atoms with van der Waals surface area (Å²) in [6.07, 6.45) is -1.97. The van der Waals surface area contributed by atoms with E-state index >= 15 is 0 Å². The normalized spacial score (nSPS) is 22.0. The average molecular weight is 351 g/mol. The van der Waals surface area contributed by atoms with Gasteiger partial charge in [-0.25, -0.2) is 4.79 Å². The SMILES string of the molecule is CC(CC(C)(C)C(=O)OC1COC(c2ccccc2)OC1)OC(N)=O. The van der Waals surface area contributed by atoms with Gasteiger partial charge in [0.15, 0.2) is 6.29 Å². The standard InChI is InChI=1S/C18H25NO6/c1-12(24-17(19)21)9-18(2,3)16(20)25-14-10-22-15(23-11-14)13-7-5-4-6-8-13/h4-8,12,14-15H,9-11H2,1-3H3,(H2,19,21). The molecule has 1 aromatic carbocycles. The zero-order valence-electron chi connectivity index (χ0n) is 14.8. The van der Waals surface area contributed by atoms with E-state index in [4.69, 9.17) is 24.7 Å². The predicted octanol–water partition coefficient (Wildman–Crippen LogP) is 2.54. The zero-order chi connectivity index (χ0) is 18.4. The molecule has 0 saturated carbocycles. The lowest BCUT2D eigenvalue weighted by atomic mass is 9.87. The molecule has 1 atom stereocenters. The van der Waals surface area contributed by atoms with Crippen molar-refractivity contribution in [2.75, 3.05) is 13.2 Å². The summed E-state index contributed by atoms with van der Waals surface area (Å²) >= 11 is 0. The average Bonchev–Trinajstić information content (AvgIpc) is 2.55. The number of benzene rings is 1. The fourth-order valence-corrected chi connectivity index (χ4v) is 2.71.